The molecule has 0 radical (unpaired) electrons. The minimum atomic E-state index is 0.0780. The van der Waals surface area contributed by atoms with E-state index < -0.39 is 0 Å². The van der Waals surface area contributed by atoms with Crippen molar-refractivity contribution in [3.8, 4) is 0 Å². The lowest BCUT2D eigenvalue weighted by atomic mass is 10.2. The molecule has 0 aliphatic heterocycles. The molecule has 1 heterocycles. The van der Waals surface area contributed by atoms with Gasteiger partial charge in [0.05, 0.1) is 0 Å². The topological polar surface area (TPSA) is 42.0 Å². The number of anilines is 1. The van der Waals surface area contributed by atoms with Gasteiger partial charge in [0.1, 0.15) is 0 Å². The molecule has 1 N–H and O–H groups in total. The Balaban J connectivity index is 2.39. The van der Waals surface area contributed by atoms with Crippen molar-refractivity contribution in [1.29, 1.82) is 0 Å². The fourth-order valence-electron chi connectivity index (χ4n) is 1.25. The van der Waals surface area contributed by atoms with Crippen molar-refractivity contribution >= 4 is 22.4 Å². The van der Waals surface area contributed by atoms with Gasteiger partial charge >= 0.3 is 0 Å². The molecular formula is C11H18N2OS. The molecule has 0 saturated carbocycles. The highest BCUT2D eigenvalue weighted by Gasteiger charge is 2.05. The monoisotopic (exact) mass is 226 g/mol. The summed E-state index contributed by atoms with van der Waals surface area (Å²) in [6, 6.07) is 0. The lowest BCUT2D eigenvalue weighted by molar-refractivity contribution is -0.116. The van der Waals surface area contributed by atoms with Crippen molar-refractivity contribution in [3.05, 3.63) is 11.1 Å². The van der Waals surface area contributed by atoms with Crippen molar-refractivity contribution in [3.63, 3.8) is 0 Å². The maximum absolute atomic E-state index is 11.4. The minimum absolute atomic E-state index is 0.0780. The van der Waals surface area contributed by atoms with E-state index in [0.717, 1.165) is 30.8 Å². The fraction of sp³-hybridized carbons (Fsp3) is 0.636. The molecule has 0 bridgehead atoms. The van der Waals surface area contributed by atoms with Crippen LogP contribution in [0.15, 0.2) is 6.20 Å². The number of unbranched alkanes of at least 4 members (excludes halogenated alkanes) is 1. The third kappa shape index (κ3) is 4.42. The van der Waals surface area contributed by atoms with E-state index in [1.54, 1.807) is 11.3 Å². The first kappa shape index (κ1) is 12.2. The highest BCUT2D eigenvalue weighted by molar-refractivity contribution is 7.15. The molecule has 1 amide bonds. The molecule has 0 aromatic carbocycles. The number of carbonyl (C=O) groups is 1. The predicted octanol–water partition coefficient (Wildman–Crippen LogP) is 3.22. The zero-order chi connectivity index (χ0) is 11.1. The number of amides is 1. The molecule has 84 valence electrons. The highest BCUT2D eigenvalue weighted by Crippen LogP contribution is 2.19. The van der Waals surface area contributed by atoms with Crippen molar-refractivity contribution in [1.82, 2.24) is 4.98 Å². The average molecular weight is 226 g/mol. The second-order valence-corrected chi connectivity index (χ2v) is 4.65. The Labute approximate surface area is 94.9 Å². The van der Waals surface area contributed by atoms with Gasteiger partial charge in [0.25, 0.3) is 0 Å². The van der Waals surface area contributed by atoms with Crippen LogP contribution in [0.3, 0.4) is 0 Å². The summed E-state index contributed by atoms with van der Waals surface area (Å²) in [6.45, 7) is 4.22. The van der Waals surface area contributed by atoms with Crippen LogP contribution >= 0.6 is 11.3 Å². The standard InChI is InChI=1S/C11H18N2OS/c1-3-5-7-10(14)13-11-12-8-9(15-11)6-4-2/h8H,3-7H2,1-2H3,(H,12,13,14). The molecule has 0 aliphatic rings. The molecule has 1 rings (SSSR count). The number of aromatic nitrogens is 1. The molecule has 1 aromatic rings. The summed E-state index contributed by atoms with van der Waals surface area (Å²) >= 11 is 1.58. The molecule has 0 fully saturated rings. The molecule has 0 unspecified atom stereocenters. The van der Waals surface area contributed by atoms with Gasteiger partial charge < -0.3 is 5.32 Å². The van der Waals surface area contributed by atoms with E-state index in [-0.39, 0.29) is 5.91 Å². The Morgan fingerprint density at radius 3 is 2.93 bits per heavy atom. The smallest absolute Gasteiger partial charge is 0.226 e. The van der Waals surface area contributed by atoms with E-state index in [1.807, 2.05) is 6.20 Å². The van der Waals surface area contributed by atoms with Crippen LogP contribution in [-0.4, -0.2) is 10.9 Å². The van der Waals surface area contributed by atoms with Crippen LogP contribution in [0.1, 0.15) is 44.4 Å². The van der Waals surface area contributed by atoms with Crippen LogP contribution in [0, 0.1) is 0 Å². The van der Waals surface area contributed by atoms with Gasteiger partial charge in [0.2, 0.25) is 5.91 Å². The molecule has 4 heteroatoms. The van der Waals surface area contributed by atoms with Gasteiger partial charge in [-0.2, -0.15) is 0 Å². The van der Waals surface area contributed by atoms with E-state index in [2.05, 4.69) is 24.1 Å². The normalized spacial score (nSPS) is 10.3. The van der Waals surface area contributed by atoms with Gasteiger partial charge in [-0.15, -0.1) is 11.3 Å². The third-order valence-electron chi connectivity index (χ3n) is 2.05. The number of nitrogens with one attached hydrogen (secondary N) is 1. The first-order valence-corrected chi connectivity index (χ1v) is 6.32. The van der Waals surface area contributed by atoms with Crippen LogP contribution in [0.25, 0.3) is 0 Å². The lowest BCUT2D eigenvalue weighted by Crippen LogP contribution is -2.10. The van der Waals surface area contributed by atoms with E-state index >= 15 is 0 Å². The summed E-state index contributed by atoms with van der Waals surface area (Å²) in [5, 5.41) is 3.56. The summed E-state index contributed by atoms with van der Waals surface area (Å²) in [7, 11) is 0. The Morgan fingerprint density at radius 1 is 1.47 bits per heavy atom. The predicted molar refractivity (Wildman–Crippen MR) is 64.3 cm³/mol. The molecule has 0 atom stereocenters. The number of aryl methyl sites for hydroxylation is 1. The largest absolute Gasteiger partial charge is 0.302 e. The van der Waals surface area contributed by atoms with Gasteiger partial charge in [0, 0.05) is 17.5 Å². The zero-order valence-electron chi connectivity index (χ0n) is 9.38. The van der Waals surface area contributed by atoms with Gasteiger partial charge in [-0.3, -0.25) is 4.79 Å². The van der Waals surface area contributed by atoms with E-state index in [0.29, 0.717) is 6.42 Å². The first-order valence-electron chi connectivity index (χ1n) is 5.50. The fourth-order valence-corrected chi connectivity index (χ4v) is 2.18. The quantitative estimate of drug-likeness (QED) is 0.809. The molecule has 0 saturated heterocycles. The van der Waals surface area contributed by atoms with Crippen LogP contribution in [0.5, 0.6) is 0 Å². The molecule has 0 aliphatic carbocycles. The van der Waals surface area contributed by atoms with Crippen LogP contribution in [-0.2, 0) is 11.2 Å². The summed E-state index contributed by atoms with van der Waals surface area (Å²) in [5.74, 6) is 0.0780. The van der Waals surface area contributed by atoms with E-state index in [4.69, 9.17) is 0 Å². The van der Waals surface area contributed by atoms with Crippen LogP contribution in [0.2, 0.25) is 0 Å². The number of carbonyl (C=O) groups excluding carboxylic acids is 1. The number of hydrogen-bond acceptors (Lipinski definition) is 3. The molecule has 3 nitrogen and oxygen atoms in total. The lowest BCUT2D eigenvalue weighted by Gasteiger charge is -1.99. The van der Waals surface area contributed by atoms with Crippen molar-refractivity contribution in [2.75, 3.05) is 5.32 Å². The molecule has 0 spiro atoms. The van der Waals surface area contributed by atoms with E-state index in [9.17, 15) is 4.79 Å². The Hall–Kier alpha value is -0.900. The Kier molecular flexibility index (Phi) is 5.32. The summed E-state index contributed by atoms with van der Waals surface area (Å²) in [5.41, 5.74) is 0. The van der Waals surface area contributed by atoms with Gasteiger partial charge in [-0.1, -0.05) is 26.7 Å². The van der Waals surface area contributed by atoms with Crippen LogP contribution < -0.4 is 5.32 Å². The number of hydrogen-bond donors (Lipinski definition) is 1. The summed E-state index contributed by atoms with van der Waals surface area (Å²) < 4.78 is 0. The Bertz CT molecular complexity index is 309. The Morgan fingerprint density at radius 2 is 2.27 bits per heavy atom. The van der Waals surface area contributed by atoms with Gasteiger partial charge in [-0.05, 0) is 12.8 Å². The maximum Gasteiger partial charge on any atom is 0.226 e. The second kappa shape index (κ2) is 6.56. The highest BCUT2D eigenvalue weighted by atomic mass is 32.1. The number of rotatable bonds is 6. The summed E-state index contributed by atoms with van der Waals surface area (Å²) in [6.07, 6.45) is 6.60. The van der Waals surface area contributed by atoms with E-state index in [1.165, 1.54) is 4.88 Å². The van der Waals surface area contributed by atoms with Gasteiger partial charge in [-0.25, -0.2) is 4.98 Å². The SMILES string of the molecule is CCCCC(=O)Nc1ncc(CCC)s1. The van der Waals surface area contributed by atoms with Crippen molar-refractivity contribution in [2.45, 2.75) is 46.0 Å². The molecule has 15 heavy (non-hydrogen) atoms. The maximum atomic E-state index is 11.4. The first-order chi connectivity index (χ1) is 7.26. The molecule has 1 aromatic heterocycles. The van der Waals surface area contributed by atoms with Crippen molar-refractivity contribution in [2.24, 2.45) is 0 Å². The second-order valence-electron chi connectivity index (χ2n) is 3.53. The summed E-state index contributed by atoms with van der Waals surface area (Å²) in [4.78, 5) is 16.8. The molecular weight excluding hydrogens is 208 g/mol. The minimum Gasteiger partial charge on any atom is -0.302 e. The zero-order valence-corrected chi connectivity index (χ0v) is 10.2. The number of nitrogens with zero attached hydrogens (tertiary/aromatic N) is 1. The van der Waals surface area contributed by atoms with Crippen LogP contribution in [0.4, 0.5) is 5.13 Å². The van der Waals surface area contributed by atoms with Crippen molar-refractivity contribution < 1.29 is 4.79 Å². The number of thiazole rings is 1. The van der Waals surface area contributed by atoms with Gasteiger partial charge in [0.15, 0.2) is 5.13 Å². The third-order valence-corrected chi connectivity index (χ3v) is 3.03. The average Bonchev–Trinajstić information content (AvgIpc) is 2.63.